The normalized spacial score (nSPS) is 17.3. The Kier molecular flexibility index (Phi) is 10.9. The molecule has 1 aliphatic carbocycles. The van der Waals surface area contributed by atoms with Crippen LogP contribution in [0, 0.1) is 5.92 Å². The van der Waals surface area contributed by atoms with Gasteiger partial charge in [-0.15, -0.1) is 23.1 Å². The summed E-state index contributed by atoms with van der Waals surface area (Å²) in [7, 11) is 3.91. The van der Waals surface area contributed by atoms with Crippen LogP contribution in [0.5, 0.6) is 11.5 Å². The van der Waals surface area contributed by atoms with Crippen LogP contribution in [0.25, 0.3) is 0 Å². The minimum absolute atomic E-state index is 0.0827. The number of ether oxygens (including phenoxy) is 3. The van der Waals surface area contributed by atoms with Crippen LogP contribution in [0.1, 0.15) is 44.6 Å². The molecule has 1 N–H and O–H groups in total. The van der Waals surface area contributed by atoms with Crippen molar-refractivity contribution in [2.45, 2.75) is 43.9 Å². The van der Waals surface area contributed by atoms with Gasteiger partial charge in [0.15, 0.2) is 29.3 Å². The minimum Gasteiger partial charge on any atom is -0.489 e. The first-order chi connectivity index (χ1) is 21.1. The van der Waals surface area contributed by atoms with Gasteiger partial charge in [-0.3, -0.25) is 4.79 Å². The van der Waals surface area contributed by atoms with Gasteiger partial charge in [0, 0.05) is 35.7 Å². The number of hydrogen-bond donors (Lipinski definition) is 0. The summed E-state index contributed by atoms with van der Waals surface area (Å²) in [4.78, 5) is 35.2. The zero-order valence-electron chi connectivity index (χ0n) is 24.1. The van der Waals surface area contributed by atoms with Gasteiger partial charge in [0.2, 0.25) is 0 Å². The van der Waals surface area contributed by atoms with E-state index in [4.69, 9.17) is 37.4 Å². The fraction of sp³-hybridized carbons (Fsp3) is 0.433. The molecule has 44 heavy (non-hydrogen) atoms. The van der Waals surface area contributed by atoms with Crippen LogP contribution < -0.4 is 14.5 Å². The molecule has 2 atom stereocenters. The topological polar surface area (TPSA) is 82.5 Å². The van der Waals surface area contributed by atoms with Crippen molar-refractivity contribution in [3.8, 4) is 11.5 Å². The minimum atomic E-state index is -3.04. The maximum Gasteiger partial charge on any atom is 0.387 e. The number of esters is 1. The molecule has 3 heterocycles. The third-order valence-corrected chi connectivity index (χ3v) is 9.98. The van der Waals surface area contributed by atoms with E-state index in [2.05, 4.69) is 4.98 Å². The van der Waals surface area contributed by atoms with Crippen molar-refractivity contribution in [1.82, 2.24) is 9.80 Å². The van der Waals surface area contributed by atoms with Gasteiger partial charge in [0.25, 0.3) is 5.91 Å². The summed E-state index contributed by atoms with van der Waals surface area (Å²) in [6.45, 7) is -1.59. The molecule has 0 spiro atoms. The standard InChI is InChI=1S/C30H31Cl2F2N3O5S2/c1-36(2)15-19-6-8-26(44-19)27(38)37-9-10-43-28(37)29(39)41-24(12-20-21(31)13-35-14-22(20)32)18-5-7-23(42-30(33)34)25(11-18)40-16-17-3-4-17/h5-8,11,13-14,17,24,28,30H,3-4,9-10,12,15-16H2,1-2H3/p+1/t24-,28?/m0/s1. The molecule has 0 radical (unpaired) electrons. The van der Waals surface area contributed by atoms with Crippen LogP contribution in [-0.2, 0) is 22.5 Å². The molecular weight excluding hydrogens is 655 g/mol. The molecule has 14 heteroatoms. The number of thioether (sulfide) groups is 1. The van der Waals surface area contributed by atoms with Crippen molar-refractivity contribution in [1.29, 1.82) is 0 Å². The smallest absolute Gasteiger partial charge is 0.387 e. The zero-order chi connectivity index (χ0) is 31.4. The SMILES string of the molecule is CN(C)Cc1ccc(C(=O)N2CCSC2C(=O)O[C@@H](Cc2c(Cl)c[nH+]cc2Cl)c2ccc(OC(F)F)c(OCC3CC3)c2)s1. The first kappa shape index (κ1) is 32.7. The van der Waals surface area contributed by atoms with Crippen molar-refractivity contribution >= 4 is 58.2 Å². The van der Waals surface area contributed by atoms with Crippen molar-refractivity contribution in [2.75, 3.05) is 33.0 Å². The summed E-state index contributed by atoms with van der Waals surface area (Å²) < 4.78 is 43.0. The fourth-order valence-corrected chi connectivity index (χ4v) is 7.42. The highest BCUT2D eigenvalue weighted by Crippen LogP contribution is 2.39. The van der Waals surface area contributed by atoms with Crippen LogP contribution in [0.2, 0.25) is 10.0 Å². The van der Waals surface area contributed by atoms with E-state index < -0.39 is 24.1 Å². The first-order valence-corrected chi connectivity index (χ1v) is 16.6. The first-order valence-electron chi connectivity index (χ1n) is 14.0. The number of rotatable bonds is 13. The monoisotopic (exact) mass is 686 g/mol. The maximum atomic E-state index is 13.7. The summed E-state index contributed by atoms with van der Waals surface area (Å²) in [5, 5.41) is -0.203. The summed E-state index contributed by atoms with van der Waals surface area (Å²) >= 11 is 15.6. The number of nitrogens with one attached hydrogen (secondary N) is 1. The Morgan fingerprint density at radius 2 is 1.86 bits per heavy atom. The van der Waals surface area contributed by atoms with Gasteiger partial charge < -0.3 is 24.0 Å². The van der Waals surface area contributed by atoms with E-state index in [9.17, 15) is 18.4 Å². The number of aromatic amines is 1. The number of aromatic nitrogens is 1. The fourth-order valence-electron chi connectivity index (χ4n) is 4.71. The predicted octanol–water partition coefficient (Wildman–Crippen LogP) is 6.36. The number of thiophene rings is 1. The number of carbonyl (C=O) groups excluding carboxylic acids is 2. The Hall–Kier alpha value is -2.64. The quantitative estimate of drug-likeness (QED) is 0.194. The summed E-state index contributed by atoms with van der Waals surface area (Å²) in [5.41, 5.74) is 0.996. The van der Waals surface area contributed by atoms with Crippen molar-refractivity contribution < 1.29 is 37.6 Å². The molecule has 3 aromatic rings. The molecule has 8 nitrogen and oxygen atoms in total. The van der Waals surface area contributed by atoms with E-state index in [1.54, 1.807) is 24.5 Å². The van der Waals surface area contributed by atoms with E-state index >= 15 is 0 Å². The van der Waals surface area contributed by atoms with Crippen LogP contribution in [-0.4, -0.2) is 66.7 Å². The molecule has 236 valence electrons. The summed E-state index contributed by atoms with van der Waals surface area (Å²) in [6, 6.07) is 8.15. The van der Waals surface area contributed by atoms with Crippen molar-refractivity contribution in [2.24, 2.45) is 5.92 Å². The van der Waals surface area contributed by atoms with Gasteiger partial charge in [0.05, 0.1) is 11.5 Å². The number of H-pyrrole nitrogens is 1. The van der Waals surface area contributed by atoms with Crippen LogP contribution in [0.4, 0.5) is 8.78 Å². The summed E-state index contributed by atoms with van der Waals surface area (Å²) in [6.07, 6.45) is 4.27. The number of benzene rings is 1. The third-order valence-electron chi connectivity index (χ3n) is 7.07. The second kappa shape index (κ2) is 14.6. The highest BCUT2D eigenvalue weighted by atomic mass is 35.5. The van der Waals surface area contributed by atoms with Gasteiger partial charge >= 0.3 is 12.6 Å². The largest absolute Gasteiger partial charge is 0.489 e. The molecule has 5 rings (SSSR count). The molecule has 2 aromatic heterocycles. The lowest BCUT2D eigenvalue weighted by Crippen LogP contribution is -2.40. The average molecular weight is 688 g/mol. The molecule has 1 aromatic carbocycles. The Morgan fingerprint density at radius 3 is 2.55 bits per heavy atom. The van der Waals surface area contributed by atoms with Crippen molar-refractivity contribution in [3.05, 3.63) is 73.7 Å². The van der Waals surface area contributed by atoms with Gasteiger partial charge in [-0.25, -0.2) is 9.78 Å². The van der Waals surface area contributed by atoms with Crippen LogP contribution in [0.3, 0.4) is 0 Å². The Labute approximate surface area is 272 Å². The van der Waals surface area contributed by atoms with Gasteiger partial charge in [-0.05, 0) is 62.7 Å². The molecule has 1 unspecified atom stereocenters. The van der Waals surface area contributed by atoms with E-state index in [0.717, 1.165) is 17.7 Å². The second-order valence-corrected chi connectivity index (χ2v) is 14.0. The summed E-state index contributed by atoms with van der Waals surface area (Å²) in [5.74, 6) is 0.0728. The number of nitrogens with zero attached hydrogens (tertiary/aromatic N) is 2. The molecule has 1 amide bonds. The molecular formula is C30H32Cl2F2N3O5S2+. The van der Waals surface area contributed by atoms with Crippen molar-refractivity contribution in [3.63, 3.8) is 0 Å². The van der Waals surface area contributed by atoms with Gasteiger partial charge in [0.1, 0.15) is 16.1 Å². The zero-order valence-corrected chi connectivity index (χ0v) is 27.2. The molecule has 0 bridgehead atoms. The van der Waals surface area contributed by atoms with Gasteiger partial charge in [-0.2, -0.15) is 8.78 Å². The Bertz CT molecular complexity index is 1470. The van der Waals surface area contributed by atoms with E-state index in [-0.39, 0.29) is 23.8 Å². The highest BCUT2D eigenvalue weighted by molar-refractivity contribution is 8.00. The second-order valence-electron chi connectivity index (χ2n) is 10.8. The number of amides is 1. The van der Waals surface area contributed by atoms with E-state index in [1.165, 1.54) is 40.1 Å². The maximum absolute atomic E-state index is 13.7. The van der Waals surface area contributed by atoms with Gasteiger partial charge in [-0.1, -0.05) is 29.3 Å². The lowest BCUT2D eigenvalue weighted by Gasteiger charge is -2.26. The van der Waals surface area contributed by atoms with E-state index in [1.807, 2.05) is 25.1 Å². The lowest BCUT2D eigenvalue weighted by molar-refractivity contribution is -0.377. The number of alkyl halides is 2. The molecule has 1 saturated heterocycles. The molecule has 2 fully saturated rings. The Morgan fingerprint density at radius 1 is 1.11 bits per heavy atom. The average Bonchev–Trinajstić information content (AvgIpc) is 3.46. The lowest BCUT2D eigenvalue weighted by atomic mass is 10.0. The highest BCUT2D eigenvalue weighted by Gasteiger charge is 2.38. The van der Waals surface area contributed by atoms with Crippen LogP contribution >= 0.6 is 46.3 Å². The van der Waals surface area contributed by atoms with E-state index in [0.29, 0.717) is 57.4 Å². The molecule has 2 aliphatic rings. The number of pyridine rings is 1. The number of hydrogen-bond acceptors (Lipinski definition) is 8. The molecule has 1 aliphatic heterocycles. The predicted molar refractivity (Wildman–Crippen MR) is 166 cm³/mol. The Balaban J connectivity index is 1.41. The third kappa shape index (κ3) is 8.33. The number of halogens is 4. The number of carbonyl (C=O) groups is 2. The molecule has 1 saturated carbocycles. The van der Waals surface area contributed by atoms with Crippen LogP contribution in [0.15, 0.2) is 42.7 Å².